The van der Waals surface area contributed by atoms with Crippen molar-refractivity contribution in [2.45, 2.75) is 0 Å². The Morgan fingerprint density at radius 3 is 1.85 bits per heavy atom. The van der Waals surface area contributed by atoms with Gasteiger partial charge in [0.15, 0.2) is 6.29 Å². The number of anilines is 1. The maximum absolute atomic E-state index is 13.6. The van der Waals surface area contributed by atoms with Crippen LogP contribution in [-0.4, -0.2) is 28.2 Å². The molecule has 6 nitrogen and oxygen atoms in total. The van der Waals surface area contributed by atoms with E-state index in [0.717, 1.165) is 4.90 Å². The first-order valence-corrected chi connectivity index (χ1v) is 17.1. The normalized spacial score (nSPS) is 13.4. The Balaban J connectivity index is 1.67. The molecule has 0 saturated heterocycles. The second kappa shape index (κ2) is 11.7. The van der Waals surface area contributed by atoms with Crippen LogP contribution in [-0.2, 0) is 0 Å². The number of carbonyl (C=O) groups is 3. The Morgan fingerprint density at radius 2 is 1.27 bits per heavy atom. The number of hydrogen-bond donors (Lipinski definition) is 1. The van der Waals surface area contributed by atoms with Crippen LogP contribution in [0.25, 0.3) is 22.7 Å². The third-order valence-corrected chi connectivity index (χ3v) is 15.6. The smallest absolute Gasteiger partial charge is 0.267 e. The van der Waals surface area contributed by atoms with E-state index >= 15 is 0 Å². The van der Waals surface area contributed by atoms with Gasteiger partial charge in [-0.3, -0.25) is 14.4 Å². The average Bonchev–Trinajstić information content (AvgIpc) is 3.20. The number of fused-ring (bicyclic) bond motifs is 2. The summed E-state index contributed by atoms with van der Waals surface area (Å²) in [7, 11) is 0. The summed E-state index contributed by atoms with van der Waals surface area (Å²) in [6, 6.07) is 8.63. The molecule has 5 rings (SSSR count). The summed E-state index contributed by atoms with van der Waals surface area (Å²) in [6.45, 7) is 0. The first-order valence-electron chi connectivity index (χ1n) is 10.8. The number of rotatable bonds is 4. The fourth-order valence-corrected chi connectivity index (χ4v) is 9.10. The maximum atomic E-state index is 13.6. The van der Waals surface area contributed by atoms with Crippen molar-refractivity contribution >= 4 is 174 Å². The summed E-state index contributed by atoms with van der Waals surface area (Å²) < 4.78 is 4.19. The van der Waals surface area contributed by atoms with E-state index in [-0.39, 0.29) is 33.7 Å². The largest absolute Gasteiger partial charge is 0.507 e. The number of aliphatic hydroxyl groups excluding tert-OH is 1. The van der Waals surface area contributed by atoms with Crippen molar-refractivity contribution in [1.82, 2.24) is 4.98 Å². The second-order valence-corrected chi connectivity index (χ2v) is 14.6. The third-order valence-electron chi connectivity index (χ3n) is 6.02. The number of nitrogens with zero attached hydrogens (tertiary/aromatic N) is 2. The molecular formula is C26H8Br8N2O4. The second-order valence-electron chi connectivity index (χ2n) is 8.23. The van der Waals surface area contributed by atoms with Gasteiger partial charge in [0.2, 0.25) is 0 Å². The highest BCUT2D eigenvalue weighted by molar-refractivity contribution is 9.15. The van der Waals surface area contributed by atoms with Gasteiger partial charge in [0.25, 0.3) is 11.8 Å². The van der Waals surface area contributed by atoms with Crippen molar-refractivity contribution in [2.24, 2.45) is 0 Å². The minimum absolute atomic E-state index is 0.218. The topological polar surface area (TPSA) is 87.6 Å². The monoisotopic (exact) mass is 1040 g/mol. The lowest BCUT2D eigenvalue weighted by molar-refractivity contribution is 0.0925. The van der Waals surface area contributed by atoms with Crippen LogP contribution >= 0.6 is 127 Å². The standard InChI is InChI=1S/C26H8Br8N2O4/c27-16-10(7-37)13(17(28)21(32)20(16)31)12(38)6-9-5-4-8-2-1-3-11(24(8)35-9)36-25(39)14-15(26(36)40)19(30)23(34)22(33)18(14)29/h1-7,38H. The van der Waals surface area contributed by atoms with E-state index in [1.54, 1.807) is 30.3 Å². The van der Waals surface area contributed by atoms with Crippen LogP contribution in [0, 0.1) is 0 Å². The Kier molecular flexibility index (Phi) is 9.01. The molecule has 0 saturated carbocycles. The molecule has 14 heteroatoms. The molecule has 1 N–H and O–H groups in total. The van der Waals surface area contributed by atoms with E-state index in [4.69, 9.17) is 0 Å². The Morgan fingerprint density at radius 1 is 0.725 bits per heavy atom. The van der Waals surface area contributed by atoms with Crippen molar-refractivity contribution in [3.63, 3.8) is 0 Å². The van der Waals surface area contributed by atoms with Crippen LogP contribution in [0.4, 0.5) is 5.69 Å². The molecule has 0 unspecified atom stereocenters. The molecule has 2 amide bonds. The van der Waals surface area contributed by atoms with Gasteiger partial charge in [-0.2, -0.15) is 0 Å². The number of amides is 2. The third kappa shape index (κ3) is 4.87. The summed E-state index contributed by atoms with van der Waals surface area (Å²) in [5.41, 5.74) is 1.89. The zero-order chi connectivity index (χ0) is 29.2. The summed E-state index contributed by atoms with van der Waals surface area (Å²) in [4.78, 5) is 44.9. The molecule has 1 aliphatic rings. The van der Waals surface area contributed by atoms with Crippen molar-refractivity contribution in [1.29, 1.82) is 0 Å². The fraction of sp³-hybridized carbons (Fsp3) is 0. The summed E-state index contributed by atoms with van der Waals surface area (Å²) >= 11 is 27.5. The predicted octanol–water partition coefficient (Wildman–Crippen LogP) is 11.0. The summed E-state index contributed by atoms with van der Waals surface area (Å²) in [6.07, 6.45) is 2.03. The lowest BCUT2D eigenvalue weighted by atomic mass is 10.1. The number of para-hydroxylation sites is 1. The van der Waals surface area contributed by atoms with Gasteiger partial charge in [-0.05, 0) is 140 Å². The molecule has 40 heavy (non-hydrogen) atoms. The molecule has 0 radical (unpaired) electrons. The zero-order valence-corrected chi connectivity index (χ0v) is 31.8. The molecule has 1 aliphatic heterocycles. The molecule has 0 aliphatic carbocycles. The average molecular weight is 1050 g/mol. The van der Waals surface area contributed by atoms with Gasteiger partial charge in [0, 0.05) is 58.4 Å². The van der Waals surface area contributed by atoms with Crippen molar-refractivity contribution in [2.75, 3.05) is 4.90 Å². The van der Waals surface area contributed by atoms with Crippen LogP contribution in [0.5, 0.6) is 0 Å². The SMILES string of the molecule is O=Cc1c(Br)c(Br)c(Br)c(Br)c1C(O)=Cc1ccc2cccc(N3C(=O)c4c(Br)c(Br)c(Br)c(Br)c4C3=O)c2n1. The van der Waals surface area contributed by atoms with Gasteiger partial charge in [-0.25, -0.2) is 9.88 Å². The van der Waals surface area contributed by atoms with Crippen LogP contribution in [0.3, 0.4) is 0 Å². The van der Waals surface area contributed by atoms with Gasteiger partial charge < -0.3 is 5.11 Å². The van der Waals surface area contributed by atoms with E-state index < -0.39 is 11.8 Å². The lowest BCUT2D eigenvalue weighted by Crippen LogP contribution is -2.29. The van der Waals surface area contributed by atoms with Crippen LogP contribution < -0.4 is 4.90 Å². The lowest BCUT2D eigenvalue weighted by Gasteiger charge is -2.16. The number of pyridine rings is 1. The molecule has 2 heterocycles. The zero-order valence-electron chi connectivity index (χ0n) is 19.1. The number of aromatic nitrogens is 1. The van der Waals surface area contributed by atoms with Crippen LogP contribution in [0.15, 0.2) is 66.1 Å². The Labute approximate surface area is 294 Å². The van der Waals surface area contributed by atoms with Gasteiger partial charge >= 0.3 is 0 Å². The Hall–Kier alpha value is -0.740. The van der Waals surface area contributed by atoms with E-state index in [0.29, 0.717) is 58.7 Å². The number of halogens is 8. The van der Waals surface area contributed by atoms with Gasteiger partial charge in [0.05, 0.1) is 28.0 Å². The fourth-order valence-electron chi connectivity index (χ4n) is 4.20. The number of aldehydes is 1. The van der Waals surface area contributed by atoms with Gasteiger partial charge in [0.1, 0.15) is 5.76 Å². The quantitative estimate of drug-likeness (QED) is 0.0723. The molecule has 0 fully saturated rings. The molecule has 4 aromatic rings. The highest BCUT2D eigenvalue weighted by Crippen LogP contribution is 2.47. The van der Waals surface area contributed by atoms with E-state index in [2.05, 4.69) is 132 Å². The molecule has 0 bridgehead atoms. The highest BCUT2D eigenvalue weighted by atomic mass is 79.9. The number of hydrogen-bond acceptors (Lipinski definition) is 5. The highest BCUT2D eigenvalue weighted by Gasteiger charge is 2.42. The summed E-state index contributed by atoms with van der Waals surface area (Å²) in [5.74, 6) is -1.25. The molecule has 202 valence electrons. The summed E-state index contributed by atoms with van der Waals surface area (Å²) in [5, 5.41) is 11.8. The van der Waals surface area contributed by atoms with Crippen LogP contribution in [0.2, 0.25) is 0 Å². The molecule has 3 aromatic carbocycles. The minimum Gasteiger partial charge on any atom is -0.507 e. The van der Waals surface area contributed by atoms with Gasteiger partial charge in [-0.15, -0.1) is 0 Å². The number of carbonyl (C=O) groups excluding carboxylic acids is 3. The first kappa shape index (κ1) is 30.7. The predicted molar refractivity (Wildman–Crippen MR) is 183 cm³/mol. The number of imide groups is 1. The molecular weight excluding hydrogens is 1040 g/mol. The minimum atomic E-state index is -0.511. The first-order chi connectivity index (χ1) is 18.9. The molecule has 0 spiro atoms. The Bertz CT molecular complexity index is 1830. The number of benzene rings is 3. The van der Waals surface area contributed by atoms with Crippen molar-refractivity contribution < 1.29 is 19.5 Å². The number of aliphatic hydroxyl groups is 1. The van der Waals surface area contributed by atoms with Gasteiger partial charge in [-0.1, -0.05) is 18.2 Å². The van der Waals surface area contributed by atoms with E-state index in [1.807, 2.05) is 0 Å². The van der Waals surface area contributed by atoms with Crippen LogP contribution in [0.1, 0.15) is 42.3 Å². The molecule has 0 atom stereocenters. The van der Waals surface area contributed by atoms with E-state index in [9.17, 15) is 19.5 Å². The molecule has 1 aromatic heterocycles. The van der Waals surface area contributed by atoms with E-state index in [1.165, 1.54) is 6.08 Å². The van der Waals surface area contributed by atoms with Crippen molar-refractivity contribution in [3.8, 4) is 0 Å². The maximum Gasteiger partial charge on any atom is 0.267 e. The van der Waals surface area contributed by atoms with Crippen molar-refractivity contribution in [3.05, 3.63) is 94.1 Å².